The zero-order chi connectivity index (χ0) is 15.5. The highest BCUT2D eigenvalue weighted by Crippen LogP contribution is 2.29. The molecular weight excluding hydrogens is 276 g/mol. The van der Waals surface area contributed by atoms with Gasteiger partial charge in [-0.15, -0.1) is 0 Å². The van der Waals surface area contributed by atoms with Crippen molar-refractivity contribution in [1.29, 1.82) is 0 Å². The average molecular weight is 300 g/mol. The SMILES string of the molecule is CC1(OCC(=O)O)CN(C(=O)N2CCCC2CCCO)C1. The monoisotopic (exact) mass is 300 g/mol. The smallest absolute Gasteiger partial charge is 0.329 e. The highest BCUT2D eigenvalue weighted by Gasteiger charge is 2.45. The van der Waals surface area contributed by atoms with Crippen molar-refractivity contribution in [2.75, 3.05) is 32.8 Å². The van der Waals surface area contributed by atoms with Crippen LogP contribution in [0.5, 0.6) is 0 Å². The molecule has 2 saturated heterocycles. The molecule has 7 heteroatoms. The summed E-state index contributed by atoms with van der Waals surface area (Å²) in [7, 11) is 0. The highest BCUT2D eigenvalue weighted by molar-refractivity contribution is 5.76. The van der Waals surface area contributed by atoms with E-state index in [0.29, 0.717) is 19.5 Å². The molecule has 2 aliphatic rings. The van der Waals surface area contributed by atoms with E-state index in [2.05, 4.69) is 0 Å². The Morgan fingerprint density at radius 3 is 2.71 bits per heavy atom. The standard InChI is InChI=1S/C14H24N2O5/c1-14(21-8-12(18)19)9-15(10-14)13(20)16-6-2-4-11(16)5-3-7-17/h11,17H,2-10H2,1H3,(H,18,19). The third-order valence-electron chi connectivity index (χ3n) is 4.18. The maximum Gasteiger partial charge on any atom is 0.329 e. The average Bonchev–Trinajstić information content (AvgIpc) is 2.87. The molecule has 0 saturated carbocycles. The Morgan fingerprint density at radius 2 is 2.10 bits per heavy atom. The molecule has 0 aromatic rings. The highest BCUT2D eigenvalue weighted by atomic mass is 16.5. The predicted octanol–water partition coefficient (Wildman–Crippen LogP) is 0.519. The molecule has 21 heavy (non-hydrogen) atoms. The maximum atomic E-state index is 12.4. The fourth-order valence-electron chi connectivity index (χ4n) is 3.12. The number of aliphatic carboxylic acids is 1. The number of urea groups is 1. The molecule has 0 aliphatic carbocycles. The second-order valence-electron chi connectivity index (χ2n) is 6.13. The first-order valence-corrected chi connectivity index (χ1v) is 7.47. The van der Waals surface area contributed by atoms with E-state index in [-0.39, 0.29) is 25.3 Å². The lowest BCUT2D eigenvalue weighted by Crippen LogP contribution is -2.66. The zero-order valence-corrected chi connectivity index (χ0v) is 12.5. The second kappa shape index (κ2) is 6.62. The molecular formula is C14H24N2O5. The van der Waals surface area contributed by atoms with Gasteiger partial charge in [-0.05, 0) is 32.6 Å². The first kappa shape index (κ1) is 16.0. The summed E-state index contributed by atoms with van der Waals surface area (Å²) in [4.78, 5) is 26.6. The Morgan fingerprint density at radius 1 is 1.38 bits per heavy atom. The topological polar surface area (TPSA) is 90.3 Å². The van der Waals surface area contributed by atoms with E-state index in [1.807, 2.05) is 11.8 Å². The summed E-state index contributed by atoms with van der Waals surface area (Å²) in [6.07, 6.45) is 3.55. The second-order valence-corrected chi connectivity index (χ2v) is 6.13. The fraction of sp³-hybridized carbons (Fsp3) is 0.857. The quantitative estimate of drug-likeness (QED) is 0.746. The molecule has 1 atom stereocenters. The number of rotatable bonds is 6. The molecule has 1 unspecified atom stereocenters. The number of hydrogen-bond acceptors (Lipinski definition) is 4. The summed E-state index contributed by atoms with van der Waals surface area (Å²) >= 11 is 0. The Labute approximate surface area is 124 Å². The largest absolute Gasteiger partial charge is 0.480 e. The summed E-state index contributed by atoms with van der Waals surface area (Å²) in [5, 5.41) is 17.5. The number of aliphatic hydroxyl groups excluding tert-OH is 1. The minimum Gasteiger partial charge on any atom is -0.480 e. The molecule has 0 aromatic heterocycles. The minimum atomic E-state index is -0.996. The van der Waals surface area contributed by atoms with E-state index in [9.17, 15) is 9.59 Å². The number of likely N-dealkylation sites (tertiary alicyclic amines) is 2. The molecule has 2 aliphatic heterocycles. The first-order chi connectivity index (χ1) is 9.95. The van der Waals surface area contributed by atoms with Crippen molar-refractivity contribution in [2.24, 2.45) is 0 Å². The number of amides is 2. The van der Waals surface area contributed by atoms with Crippen LogP contribution in [0, 0.1) is 0 Å². The summed E-state index contributed by atoms with van der Waals surface area (Å²) in [5.41, 5.74) is -0.547. The van der Waals surface area contributed by atoms with Crippen molar-refractivity contribution in [3.05, 3.63) is 0 Å². The normalized spacial score (nSPS) is 24.0. The number of hydrogen-bond donors (Lipinski definition) is 2. The number of carbonyl (C=O) groups excluding carboxylic acids is 1. The van der Waals surface area contributed by atoms with E-state index in [0.717, 1.165) is 25.8 Å². The Hall–Kier alpha value is -1.34. The van der Waals surface area contributed by atoms with E-state index in [1.54, 1.807) is 4.90 Å². The number of carboxylic acids is 1. The van der Waals surface area contributed by atoms with Crippen LogP contribution in [0.1, 0.15) is 32.6 Å². The summed E-state index contributed by atoms with van der Waals surface area (Å²) in [6.45, 7) is 3.28. The van der Waals surface area contributed by atoms with Crippen molar-refractivity contribution in [3.63, 3.8) is 0 Å². The van der Waals surface area contributed by atoms with E-state index in [4.69, 9.17) is 14.9 Å². The van der Waals surface area contributed by atoms with Gasteiger partial charge in [0.25, 0.3) is 0 Å². The summed E-state index contributed by atoms with van der Waals surface area (Å²) < 4.78 is 5.32. The molecule has 0 aromatic carbocycles. The van der Waals surface area contributed by atoms with E-state index >= 15 is 0 Å². The third-order valence-corrected chi connectivity index (χ3v) is 4.18. The van der Waals surface area contributed by atoms with Gasteiger partial charge in [-0.3, -0.25) is 0 Å². The molecule has 0 bridgehead atoms. The van der Waals surface area contributed by atoms with Crippen LogP contribution in [-0.2, 0) is 9.53 Å². The molecule has 2 rings (SSSR count). The van der Waals surface area contributed by atoms with Gasteiger partial charge in [0.2, 0.25) is 0 Å². The Bertz CT molecular complexity index is 395. The van der Waals surface area contributed by atoms with Gasteiger partial charge in [-0.1, -0.05) is 0 Å². The van der Waals surface area contributed by atoms with Gasteiger partial charge in [-0.2, -0.15) is 0 Å². The lowest BCUT2D eigenvalue weighted by Gasteiger charge is -2.48. The number of carboxylic acid groups (broad SMARTS) is 1. The van der Waals surface area contributed by atoms with Crippen molar-refractivity contribution >= 4 is 12.0 Å². The first-order valence-electron chi connectivity index (χ1n) is 7.47. The van der Waals surface area contributed by atoms with E-state index < -0.39 is 11.6 Å². The van der Waals surface area contributed by atoms with Gasteiger partial charge in [0.15, 0.2) is 0 Å². The molecule has 0 radical (unpaired) electrons. The van der Waals surface area contributed by atoms with Crippen molar-refractivity contribution in [2.45, 2.75) is 44.2 Å². The summed E-state index contributed by atoms with van der Waals surface area (Å²) in [5.74, 6) is -0.996. The van der Waals surface area contributed by atoms with Gasteiger partial charge in [0.05, 0.1) is 13.1 Å². The van der Waals surface area contributed by atoms with Gasteiger partial charge in [0.1, 0.15) is 12.2 Å². The lowest BCUT2D eigenvalue weighted by atomic mass is 9.97. The molecule has 7 nitrogen and oxygen atoms in total. The van der Waals surface area contributed by atoms with Gasteiger partial charge in [-0.25, -0.2) is 9.59 Å². The molecule has 2 heterocycles. The maximum absolute atomic E-state index is 12.4. The molecule has 120 valence electrons. The molecule has 2 fully saturated rings. The molecule has 0 spiro atoms. The van der Waals surface area contributed by atoms with Crippen LogP contribution in [0.25, 0.3) is 0 Å². The number of carbonyl (C=O) groups is 2. The number of ether oxygens (including phenoxy) is 1. The van der Waals surface area contributed by atoms with Crippen LogP contribution in [0.15, 0.2) is 0 Å². The van der Waals surface area contributed by atoms with Gasteiger partial charge < -0.3 is 24.7 Å². The van der Waals surface area contributed by atoms with Gasteiger partial charge >= 0.3 is 12.0 Å². The lowest BCUT2D eigenvalue weighted by molar-refractivity contribution is -0.160. The Balaban J connectivity index is 1.81. The molecule has 2 amide bonds. The third kappa shape index (κ3) is 3.85. The summed E-state index contributed by atoms with van der Waals surface area (Å²) in [6, 6.07) is 0.225. The zero-order valence-electron chi connectivity index (χ0n) is 12.5. The predicted molar refractivity (Wildman–Crippen MR) is 75.0 cm³/mol. The van der Waals surface area contributed by atoms with Crippen molar-refractivity contribution in [3.8, 4) is 0 Å². The van der Waals surface area contributed by atoms with Crippen LogP contribution in [0.4, 0.5) is 4.79 Å². The van der Waals surface area contributed by atoms with Crippen molar-refractivity contribution in [1.82, 2.24) is 9.80 Å². The minimum absolute atomic E-state index is 0.00633. The van der Waals surface area contributed by atoms with E-state index in [1.165, 1.54) is 0 Å². The Kier molecular flexibility index (Phi) is 5.05. The molecule has 2 N–H and O–H groups in total. The number of nitrogens with zero attached hydrogens (tertiary/aromatic N) is 2. The van der Waals surface area contributed by atoms with Crippen LogP contribution < -0.4 is 0 Å². The van der Waals surface area contributed by atoms with Crippen molar-refractivity contribution < 1.29 is 24.5 Å². The van der Waals surface area contributed by atoms with Crippen LogP contribution in [-0.4, -0.2) is 76.5 Å². The fourth-order valence-corrected chi connectivity index (χ4v) is 3.12. The van der Waals surface area contributed by atoms with Crippen LogP contribution in [0.3, 0.4) is 0 Å². The van der Waals surface area contributed by atoms with Gasteiger partial charge in [0, 0.05) is 19.2 Å². The van der Waals surface area contributed by atoms with Crippen LogP contribution >= 0.6 is 0 Å². The number of aliphatic hydroxyl groups is 1. The van der Waals surface area contributed by atoms with Crippen LogP contribution in [0.2, 0.25) is 0 Å².